The van der Waals surface area contributed by atoms with E-state index in [1.807, 2.05) is 13.8 Å². The molecule has 2 aromatic heterocycles. The zero-order chi connectivity index (χ0) is 19.8. The van der Waals surface area contributed by atoms with Crippen LogP contribution in [-0.4, -0.2) is 50.2 Å². The van der Waals surface area contributed by atoms with Gasteiger partial charge in [0, 0.05) is 30.4 Å². The van der Waals surface area contributed by atoms with Crippen LogP contribution in [0, 0.1) is 13.8 Å². The Labute approximate surface area is 169 Å². The SMILES string of the molecule is CC(=O)c1c(C)[nH]c(C(=O)CSc2nnc(N3CCCCC3)n2C2CC2)c1C. The van der Waals surface area contributed by atoms with Crippen molar-refractivity contribution in [2.24, 2.45) is 0 Å². The van der Waals surface area contributed by atoms with Crippen molar-refractivity contribution in [3.8, 4) is 0 Å². The zero-order valence-electron chi connectivity index (χ0n) is 16.7. The third kappa shape index (κ3) is 3.62. The fourth-order valence-corrected chi connectivity index (χ4v) is 4.96. The van der Waals surface area contributed by atoms with E-state index in [-0.39, 0.29) is 17.3 Å². The van der Waals surface area contributed by atoms with Gasteiger partial charge in [-0.25, -0.2) is 0 Å². The molecule has 0 spiro atoms. The average molecular weight is 402 g/mol. The number of carbonyl (C=O) groups excluding carboxylic acids is 2. The topological polar surface area (TPSA) is 83.9 Å². The summed E-state index contributed by atoms with van der Waals surface area (Å²) >= 11 is 1.44. The van der Waals surface area contributed by atoms with Crippen LogP contribution in [0.2, 0.25) is 0 Å². The van der Waals surface area contributed by atoms with Gasteiger partial charge in [-0.3, -0.25) is 14.2 Å². The highest BCUT2D eigenvalue weighted by Gasteiger charge is 2.32. The van der Waals surface area contributed by atoms with Crippen LogP contribution >= 0.6 is 11.8 Å². The number of carbonyl (C=O) groups is 2. The second-order valence-corrected chi connectivity index (χ2v) is 8.77. The minimum atomic E-state index is -0.0161. The van der Waals surface area contributed by atoms with Crippen LogP contribution in [0.15, 0.2) is 5.16 Å². The van der Waals surface area contributed by atoms with Crippen LogP contribution in [0.25, 0.3) is 0 Å². The highest BCUT2D eigenvalue weighted by atomic mass is 32.2. The first-order valence-corrected chi connectivity index (χ1v) is 11.0. The van der Waals surface area contributed by atoms with Crippen molar-refractivity contribution in [1.82, 2.24) is 19.7 Å². The molecule has 0 bridgehead atoms. The van der Waals surface area contributed by atoms with Gasteiger partial charge in [0.2, 0.25) is 5.95 Å². The number of H-pyrrole nitrogens is 1. The third-order valence-corrected chi connectivity index (χ3v) is 6.54. The number of nitrogens with zero attached hydrogens (tertiary/aromatic N) is 4. The number of aromatic nitrogens is 4. The van der Waals surface area contributed by atoms with Gasteiger partial charge in [-0.2, -0.15) is 0 Å². The van der Waals surface area contributed by atoms with E-state index >= 15 is 0 Å². The first-order chi connectivity index (χ1) is 13.5. The van der Waals surface area contributed by atoms with E-state index in [1.165, 1.54) is 37.9 Å². The Hall–Kier alpha value is -2.09. The lowest BCUT2D eigenvalue weighted by Gasteiger charge is -2.27. The Bertz CT molecular complexity index is 906. The van der Waals surface area contributed by atoms with Crippen LogP contribution < -0.4 is 4.90 Å². The van der Waals surface area contributed by atoms with Gasteiger partial charge in [0.25, 0.3) is 0 Å². The number of ketones is 2. The standard InChI is InChI=1S/C20H27N5O2S/c1-12-17(14(3)26)13(2)21-18(12)16(27)11-28-20-23-22-19(25(20)15-7-8-15)24-9-5-4-6-10-24/h15,21H,4-11H2,1-3H3. The number of hydrogen-bond acceptors (Lipinski definition) is 6. The number of piperidine rings is 1. The maximum atomic E-state index is 12.8. The van der Waals surface area contributed by atoms with Gasteiger partial charge in [0.15, 0.2) is 16.7 Å². The lowest BCUT2D eigenvalue weighted by atomic mass is 10.1. The fourth-order valence-electron chi connectivity index (χ4n) is 4.09. The number of aryl methyl sites for hydroxylation is 1. The fraction of sp³-hybridized carbons (Fsp3) is 0.600. The number of anilines is 1. The Balaban J connectivity index is 1.51. The van der Waals surface area contributed by atoms with Crippen molar-refractivity contribution in [1.29, 1.82) is 0 Å². The molecule has 28 heavy (non-hydrogen) atoms. The molecule has 0 amide bonds. The molecule has 2 aliphatic rings. The number of thioether (sulfide) groups is 1. The van der Waals surface area contributed by atoms with E-state index < -0.39 is 0 Å². The summed E-state index contributed by atoms with van der Waals surface area (Å²) in [4.78, 5) is 30.1. The van der Waals surface area contributed by atoms with E-state index in [2.05, 4.69) is 24.6 Å². The Kier molecular flexibility index (Phi) is 5.31. The number of rotatable bonds is 7. The van der Waals surface area contributed by atoms with Crippen LogP contribution in [0.1, 0.15) is 77.2 Å². The molecule has 150 valence electrons. The number of nitrogens with one attached hydrogen (secondary N) is 1. The summed E-state index contributed by atoms with van der Waals surface area (Å²) in [5.41, 5.74) is 2.66. The van der Waals surface area contributed by atoms with Crippen molar-refractivity contribution in [3.05, 3.63) is 22.5 Å². The smallest absolute Gasteiger partial charge is 0.228 e. The molecule has 4 rings (SSSR count). The van der Waals surface area contributed by atoms with Crippen LogP contribution in [0.3, 0.4) is 0 Å². The first kappa shape index (κ1) is 19.2. The number of aromatic amines is 1. The molecule has 1 saturated carbocycles. The van der Waals surface area contributed by atoms with Gasteiger partial charge in [-0.05, 0) is 58.4 Å². The van der Waals surface area contributed by atoms with Crippen molar-refractivity contribution in [2.75, 3.05) is 23.7 Å². The van der Waals surface area contributed by atoms with Crippen molar-refractivity contribution >= 4 is 29.3 Å². The summed E-state index contributed by atoms with van der Waals surface area (Å²) in [6.07, 6.45) is 5.97. The lowest BCUT2D eigenvalue weighted by molar-refractivity contribution is 0.101. The van der Waals surface area contributed by atoms with Gasteiger partial charge in [-0.15, -0.1) is 10.2 Å². The maximum Gasteiger partial charge on any atom is 0.228 e. The molecule has 0 radical (unpaired) electrons. The minimum Gasteiger partial charge on any atom is -0.355 e. The van der Waals surface area contributed by atoms with E-state index in [9.17, 15) is 9.59 Å². The minimum absolute atomic E-state index is 0.0111. The van der Waals surface area contributed by atoms with Crippen LogP contribution in [0.4, 0.5) is 5.95 Å². The molecular formula is C20H27N5O2S. The van der Waals surface area contributed by atoms with Crippen LogP contribution in [0.5, 0.6) is 0 Å². The molecule has 0 atom stereocenters. The van der Waals surface area contributed by atoms with Gasteiger partial charge in [0.05, 0.1) is 11.4 Å². The molecule has 1 aliphatic carbocycles. The van der Waals surface area contributed by atoms with E-state index in [4.69, 9.17) is 0 Å². The zero-order valence-corrected chi connectivity index (χ0v) is 17.6. The highest BCUT2D eigenvalue weighted by molar-refractivity contribution is 7.99. The van der Waals surface area contributed by atoms with Crippen LogP contribution in [-0.2, 0) is 0 Å². The molecule has 0 aromatic carbocycles. The second-order valence-electron chi connectivity index (χ2n) is 7.82. The molecule has 2 aromatic rings. The largest absolute Gasteiger partial charge is 0.355 e. The van der Waals surface area contributed by atoms with Crippen molar-refractivity contribution < 1.29 is 9.59 Å². The molecule has 2 fully saturated rings. The summed E-state index contributed by atoms with van der Waals surface area (Å²) < 4.78 is 2.23. The summed E-state index contributed by atoms with van der Waals surface area (Å²) in [6.45, 7) is 7.26. The Morgan fingerprint density at radius 3 is 2.46 bits per heavy atom. The molecule has 8 heteroatoms. The molecule has 3 heterocycles. The average Bonchev–Trinajstić information content (AvgIpc) is 3.35. The summed E-state index contributed by atoms with van der Waals surface area (Å²) in [6, 6.07) is 0.461. The van der Waals surface area contributed by atoms with Gasteiger partial charge >= 0.3 is 0 Å². The molecule has 1 saturated heterocycles. The van der Waals surface area contributed by atoms with E-state index in [0.29, 0.717) is 17.3 Å². The summed E-state index contributed by atoms with van der Waals surface area (Å²) in [5, 5.41) is 9.70. The quantitative estimate of drug-likeness (QED) is 0.562. The van der Waals surface area contributed by atoms with Gasteiger partial charge in [0.1, 0.15) is 0 Å². The second kappa shape index (κ2) is 7.73. The Morgan fingerprint density at radius 1 is 1.14 bits per heavy atom. The van der Waals surface area contributed by atoms with Gasteiger partial charge < -0.3 is 9.88 Å². The summed E-state index contributed by atoms with van der Waals surface area (Å²) in [7, 11) is 0. The number of Topliss-reactive ketones (excluding diaryl/α,β-unsaturated/α-hetero) is 2. The Morgan fingerprint density at radius 2 is 1.86 bits per heavy atom. The lowest BCUT2D eigenvalue weighted by Crippen LogP contribution is -2.31. The van der Waals surface area contributed by atoms with Gasteiger partial charge in [-0.1, -0.05) is 11.8 Å². The monoisotopic (exact) mass is 401 g/mol. The molecular weight excluding hydrogens is 374 g/mol. The maximum absolute atomic E-state index is 12.8. The molecule has 1 aliphatic heterocycles. The van der Waals surface area contributed by atoms with E-state index in [1.54, 1.807) is 0 Å². The number of hydrogen-bond donors (Lipinski definition) is 1. The summed E-state index contributed by atoms with van der Waals surface area (Å²) in [5.74, 6) is 1.21. The predicted octanol–water partition coefficient (Wildman–Crippen LogP) is 3.73. The highest BCUT2D eigenvalue weighted by Crippen LogP contribution is 2.41. The van der Waals surface area contributed by atoms with Crippen molar-refractivity contribution in [2.45, 2.75) is 64.1 Å². The predicted molar refractivity (Wildman–Crippen MR) is 110 cm³/mol. The third-order valence-electron chi connectivity index (χ3n) is 5.60. The molecule has 0 unspecified atom stereocenters. The molecule has 1 N–H and O–H groups in total. The first-order valence-electron chi connectivity index (χ1n) is 10.0. The molecule has 7 nitrogen and oxygen atoms in total. The normalized spacial score (nSPS) is 17.2. The van der Waals surface area contributed by atoms with Crippen molar-refractivity contribution in [3.63, 3.8) is 0 Å². The van der Waals surface area contributed by atoms with E-state index in [0.717, 1.165) is 48.3 Å².